The lowest BCUT2D eigenvalue weighted by atomic mass is 10.1. The van der Waals surface area contributed by atoms with Crippen LogP contribution in [0.25, 0.3) is 0 Å². The number of nitrogens with zero attached hydrogens (tertiary/aromatic N) is 1. The lowest BCUT2D eigenvalue weighted by Crippen LogP contribution is -2.33. The Balaban J connectivity index is 1.69. The van der Waals surface area contributed by atoms with Crippen molar-refractivity contribution in [2.45, 2.75) is 19.4 Å². The molecule has 1 aromatic rings. The van der Waals surface area contributed by atoms with Gasteiger partial charge in [-0.1, -0.05) is 23.7 Å². The predicted molar refractivity (Wildman–Crippen MR) is 84.3 cm³/mol. The Morgan fingerprint density at radius 2 is 2.35 bits per heavy atom. The molecule has 0 aliphatic carbocycles. The number of hydrogen-bond acceptors (Lipinski definition) is 3. The lowest BCUT2D eigenvalue weighted by molar-refractivity contribution is 0.184. The third-order valence-corrected chi connectivity index (χ3v) is 4.33. The standard InChI is InChI=1S/C16H25ClN2O/c1-13(15-4-3-5-16(17)10-15)19(2)8-7-18-11-14-6-9-20-12-14/h3-5,10,13-14,18H,6-9,11-12H2,1-2H3. The summed E-state index contributed by atoms with van der Waals surface area (Å²) in [6.07, 6.45) is 1.20. The average Bonchev–Trinajstić information content (AvgIpc) is 2.95. The fourth-order valence-corrected chi connectivity index (χ4v) is 2.72. The molecule has 0 amide bonds. The van der Waals surface area contributed by atoms with Crippen LogP contribution in [0.4, 0.5) is 0 Å². The largest absolute Gasteiger partial charge is 0.381 e. The molecular formula is C16H25ClN2O. The molecule has 0 spiro atoms. The van der Waals surface area contributed by atoms with Gasteiger partial charge in [-0.2, -0.15) is 0 Å². The zero-order valence-corrected chi connectivity index (χ0v) is 13.2. The highest BCUT2D eigenvalue weighted by Crippen LogP contribution is 2.21. The first-order chi connectivity index (χ1) is 9.66. The first-order valence-corrected chi connectivity index (χ1v) is 7.79. The Hall–Kier alpha value is -0.610. The molecule has 1 heterocycles. The fourth-order valence-electron chi connectivity index (χ4n) is 2.52. The van der Waals surface area contributed by atoms with Crippen LogP contribution in [0.15, 0.2) is 24.3 Å². The first kappa shape index (κ1) is 15.8. The average molecular weight is 297 g/mol. The Morgan fingerprint density at radius 1 is 1.50 bits per heavy atom. The van der Waals surface area contributed by atoms with Gasteiger partial charge in [0.05, 0.1) is 6.61 Å². The zero-order chi connectivity index (χ0) is 14.4. The van der Waals surface area contributed by atoms with E-state index in [1.807, 2.05) is 18.2 Å². The maximum Gasteiger partial charge on any atom is 0.0507 e. The normalized spacial score (nSPS) is 20.5. The van der Waals surface area contributed by atoms with Crippen LogP contribution in [0.5, 0.6) is 0 Å². The third-order valence-electron chi connectivity index (χ3n) is 4.09. The molecule has 1 N–H and O–H groups in total. The van der Waals surface area contributed by atoms with Gasteiger partial charge < -0.3 is 10.1 Å². The second kappa shape index (κ2) is 7.99. The van der Waals surface area contributed by atoms with Crippen LogP contribution < -0.4 is 5.32 Å². The molecule has 1 fully saturated rings. The van der Waals surface area contributed by atoms with Gasteiger partial charge in [-0.25, -0.2) is 0 Å². The molecule has 0 bridgehead atoms. The first-order valence-electron chi connectivity index (χ1n) is 7.41. The molecule has 1 aliphatic heterocycles. The van der Waals surface area contributed by atoms with E-state index in [-0.39, 0.29) is 0 Å². The van der Waals surface area contributed by atoms with Crippen LogP contribution in [0.2, 0.25) is 5.02 Å². The summed E-state index contributed by atoms with van der Waals surface area (Å²) in [7, 11) is 2.16. The molecule has 1 aromatic carbocycles. The lowest BCUT2D eigenvalue weighted by Gasteiger charge is -2.25. The maximum absolute atomic E-state index is 6.05. The van der Waals surface area contributed by atoms with E-state index >= 15 is 0 Å². The van der Waals surface area contributed by atoms with Crippen molar-refractivity contribution in [3.63, 3.8) is 0 Å². The van der Waals surface area contributed by atoms with E-state index in [2.05, 4.69) is 30.3 Å². The summed E-state index contributed by atoms with van der Waals surface area (Å²) >= 11 is 6.05. The van der Waals surface area contributed by atoms with Gasteiger partial charge in [-0.3, -0.25) is 4.90 Å². The predicted octanol–water partition coefficient (Wildman–Crippen LogP) is 2.96. The molecule has 3 nitrogen and oxygen atoms in total. The Bertz CT molecular complexity index is 407. The minimum Gasteiger partial charge on any atom is -0.381 e. The van der Waals surface area contributed by atoms with E-state index in [9.17, 15) is 0 Å². The van der Waals surface area contributed by atoms with E-state index in [0.717, 1.165) is 37.9 Å². The molecular weight excluding hydrogens is 272 g/mol. The second-order valence-electron chi connectivity index (χ2n) is 5.65. The molecule has 1 aliphatic rings. The van der Waals surface area contributed by atoms with E-state index in [4.69, 9.17) is 16.3 Å². The van der Waals surface area contributed by atoms with Crippen molar-refractivity contribution in [2.75, 3.05) is 39.9 Å². The summed E-state index contributed by atoms with van der Waals surface area (Å²) in [5, 5.41) is 4.34. The molecule has 1 saturated heterocycles. The zero-order valence-electron chi connectivity index (χ0n) is 12.4. The Labute approximate surface area is 127 Å². The van der Waals surface area contributed by atoms with Crippen molar-refractivity contribution in [1.29, 1.82) is 0 Å². The van der Waals surface area contributed by atoms with Crippen LogP contribution in [0, 0.1) is 5.92 Å². The van der Waals surface area contributed by atoms with Crippen molar-refractivity contribution in [2.24, 2.45) is 5.92 Å². The van der Waals surface area contributed by atoms with E-state index in [1.165, 1.54) is 12.0 Å². The molecule has 2 unspecified atom stereocenters. The van der Waals surface area contributed by atoms with Crippen molar-refractivity contribution >= 4 is 11.6 Å². The third kappa shape index (κ3) is 4.74. The Kier molecular flexibility index (Phi) is 6.30. The number of hydrogen-bond donors (Lipinski definition) is 1. The SMILES string of the molecule is CC(c1cccc(Cl)c1)N(C)CCNCC1CCOC1. The topological polar surface area (TPSA) is 24.5 Å². The highest BCUT2D eigenvalue weighted by Gasteiger charge is 2.15. The quantitative estimate of drug-likeness (QED) is 0.783. The van der Waals surface area contributed by atoms with Crippen LogP contribution >= 0.6 is 11.6 Å². The summed E-state index contributed by atoms with van der Waals surface area (Å²) in [5.41, 5.74) is 1.27. The highest BCUT2D eigenvalue weighted by molar-refractivity contribution is 6.30. The molecule has 0 saturated carbocycles. The van der Waals surface area contributed by atoms with Crippen molar-refractivity contribution < 1.29 is 4.74 Å². The number of nitrogens with one attached hydrogen (secondary N) is 1. The number of benzene rings is 1. The second-order valence-corrected chi connectivity index (χ2v) is 6.08. The summed E-state index contributed by atoms with van der Waals surface area (Å²) < 4.78 is 5.38. The maximum atomic E-state index is 6.05. The summed E-state index contributed by atoms with van der Waals surface area (Å²) in [6, 6.07) is 8.50. The summed E-state index contributed by atoms with van der Waals surface area (Å²) in [4.78, 5) is 2.35. The van der Waals surface area contributed by atoms with Crippen molar-refractivity contribution in [3.05, 3.63) is 34.9 Å². The molecule has 112 valence electrons. The van der Waals surface area contributed by atoms with E-state index in [0.29, 0.717) is 12.0 Å². The summed E-state index contributed by atoms with van der Waals surface area (Å²) in [6.45, 7) is 7.18. The smallest absolute Gasteiger partial charge is 0.0507 e. The summed E-state index contributed by atoms with van der Waals surface area (Å²) in [5.74, 6) is 0.700. The van der Waals surface area contributed by atoms with Gasteiger partial charge in [0.25, 0.3) is 0 Å². The molecule has 0 aromatic heterocycles. The van der Waals surface area contributed by atoms with Crippen LogP contribution in [0.1, 0.15) is 24.9 Å². The molecule has 2 atom stereocenters. The minimum atomic E-state index is 0.380. The number of rotatable bonds is 7. The van der Waals surface area contributed by atoms with E-state index in [1.54, 1.807) is 0 Å². The van der Waals surface area contributed by atoms with Crippen LogP contribution in [0.3, 0.4) is 0 Å². The highest BCUT2D eigenvalue weighted by atomic mass is 35.5. The number of ether oxygens (including phenoxy) is 1. The van der Waals surface area contributed by atoms with Gasteiger partial charge in [-0.15, -0.1) is 0 Å². The number of halogens is 1. The van der Waals surface area contributed by atoms with Crippen LogP contribution in [-0.2, 0) is 4.74 Å². The number of likely N-dealkylation sites (N-methyl/N-ethyl adjacent to an activating group) is 1. The molecule has 4 heteroatoms. The van der Waals surface area contributed by atoms with Gasteiger partial charge in [0.1, 0.15) is 0 Å². The van der Waals surface area contributed by atoms with Crippen molar-refractivity contribution in [3.8, 4) is 0 Å². The van der Waals surface area contributed by atoms with Gasteiger partial charge in [0.2, 0.25) is 0 Å². The fraction of sp³-hybridized carbons (Fsp3) is 0.625. The van der Waals surface area contributed by atoms with Gasteiger partial charge in [0.15, 0.2) is 0 Å². The minimum absolute atomic E-state index is 0.380. The molecule has 0 radical (unpaired) electrons. The Morgan fingerprint density at radius 3 is 3.05 bits per heavy atom. The molecule has 2 rings (SSSR count). The van der Waals surface area contributed by atoms with Gasteiger partial charge in [0, 0.05) is 37.3 Å². The van der Waals surface area contributed by atoms with Gasteiger partial charge in [-0.05, 0) is 44.0 Å². The van der Waals surface area contributed by atoms with Crippen molar-refractivity contribution in [1.82, 2.24) is 10.2 Å². The monoisotopic (exact) mass is 296 g/mol. The van der Waals surface area contributed by atoms with Crippen LogP contribution in [-0.4, -0.2) is 44.8 Å². The van der Waals surface area contributed by atoms with E-state index < -0.39 is 0 Å². The molecule has 20 heavy (non-hydrogen) atoms. The van der Waals surface area contributed by atoms with Gasteiger partial charge >= 0.3 is 0 Å².